The first-order valence-corrected chi connectivity index (χ1v) is 11.5. The van der Waals surface area contributed by atoms with Gasteiger partial charge in [0.05, 0.1) is 39.3 Å². The molecule has 0 aliphatic carbocycles. The van der Waals surface area contributed by atoms with Gasteiger partial charge in [-0.1, -0.05) is 32.6 Å². The summed E-state index contributed by atoms with van der Waals surface area (Å²) in [5.41, 5.74) is -2.67. The van der Waals surface area contributed by atoms with Gasteiger partial charge in [-0.3, -0.25) is 14.5 Å². The van der Waals surface area contributed by atoms with E-state index in [-0.39, 0.29) is 13.2 Å². The molecule has 1 saturated heterocycles. The molecule has 0 bridgehead atoms. The highest BCUT2D eigenvalue weighted by molar-refractivity contribution is 5.88. The van der Waals surface area contributed by atoms with Crippen molar-refractivity contribution in [3.63, 3.8) is 0 Å². The third kappa shape index (κ3) is 10.7. The molecule has 1 heterocycles. The van der Waals surface area contributed by atoms with Gasteiger partial charge in [-0.2, -0.15) is 0 Å². The second kappa shape index (κ2) is 15.2. The molecule has 1 aliphatic rings. The molecule has 0 amide bonds. The van der Waals surface area contributed by atoms with Crippen molar-refractivity contribution in [2.24, 2.45) is 5.92 Å². The average Bonchev–Trinajstić information content (AvgIpc) is 2.71. The first-order valence-electron chi connectivity index (χ1n) is 11.5. The van der Waals surface area contributed by atoms with Crippen molar-refractivity contribution in [1.82, 2.24) is 4.90 Å². The fraction of sp³-hybridized carbons (Fsp3) is 0.864. The zero-order valence-corrected chi connectivity index (χ0v) is 19.0. The molecule has 1 rings (SSSR count). The number of carboxylic acids is 2. The Balaban J connectivity index is 2.35. The first kappa shape index (κ1) is 28.3. The topological polar surface area (TPSA) is 154 Å². The van der Waals surface area contributed by atoms with Crippen LogP contribution in [0, 0.1) is 5.92 Å². The van der Waals surface area contributed by atoms with Crippen molar-refractivity contribution in [2.75, 3.05) is 39.5 Å². The fourth-order valence-electron chi connectivity index (χ4n) is 4.17. The van der Waals surface area contributed by atoms with E-state index in [0.29, 0.717) is 38.1 Å². The number of hydrogen-bond donors (Lipinski definition) is 4. The minimum Gasteiger partial charge on any atom is -0.481 e. The predicted molar refractivity (Wildman–Crippen MR) is 115 cm³/mol. The number of nitrogens with zero attached hydrogens (tertiary/aromatic N) is 1. The summed E-state index contributed by atoms with van der Waals surface area (Å²) in [6.45, 7) is 5.28. The van der Waals surface area contributed by atoms with Gasteiger partial charge in [-0.25, -0.2) is 4.79 Å². The second-order valence-electron chi connectivity index (χ2n) is 8.52. The molecule has 3 atom stereocenters. The number of carbonyl (C=O) groups excluding carboxylic acids is 1. The van der Waals surface area contributed by atoms with Crippen LogP contribution in [0.15, 0.2) is 0 Å². The summed E-state index contributed by atoms with van der Waals surface area (Å²) in [7, 11) is 0. The zero-order chi connectivity index (χ0) is 24.0. The molecular formula is C22H39NO9. The lowest BCUT2D eigenvalue weighted by Crippen LogP contribution is -2.46. The molecule has 186 valence electrons. The number of ether oxygens (including phenoxy) is 2. The van der Waals surface area contributed by atoms with E-state index < -0.39 is 36.4 Å². The van der Waals surface area contributed by atoms with Crippen LogP contribution in [0.5, 0.6) is 0 Å². The van der Waals surface area contributed by atoms with Crippen LogP contribution in [0.4, 0.5) is 0 Å². The Morgan fingerprint density at radius 2 is 1.88 bits per heavy atom. The Morgan fingerprint density at radius 3 is 2.50 bits per heavy atom. The largest absolute Gasteiger partial charge is 0.481 e. The molecule has 0 aromatic rings. The summed E-state index contributed by atoms with van der Waals surface area (Å²) in [5.74, 6) is -3.72. The highest BCUT2D eigenvalue weighted by atomic mass is 16.5. The number of esters is 1. The van der Waals surface area contributed by atoms with E-state index in [4.69, 9.17) is 19.7 Å². The van der Waals surface area contributed by atoms with Crippen LogP contribution in [0.3, 0.4) is 0 Å². The van der Waals surface area contributed by atoms with Gasteiger partial charge < -0.3 is 29.9 Å². The third-order valence-corrected chi connectivity index (χ3v) is 5.88. The van der Waals surface area contributed by atoms with Crippen molar-refractivity contribution < 1.29 is 44.3 Å². The number of aliphatic carboxylic acids is 2. The fourth-order valence-corrected chi connectivity index (χ4v) is 4.17. The van der Waals surface area contributed by atoms with E-state index in [1.165, 1.54) is 0 Å². The number of aliphatic hydroxyl groups excluding tert-OH is 1. The predicted octanol–water partition coefficient (Wildman–Crippen LogP) is 1.27. The molecule has 1 aliphatic heterocycles. The lowest BCUT2D eigenvalue weighted by molar-refractivity contribution is -0.172. The van der Waals surface area contributed by atoms with Crippen LogP contribution in [0.2, 0.25) is 0 Å². The van der Waals surface area contributed by atoms with Crippen molar-refractivity contribution in [1.29, 1.82) is 0 Å². The first-order chi connectivity index (χ1) is 15.2. The van der Waals surface area contributed by atoms with E-state index in [1.807, 2.05) is 0 Å². The summed E-state index contributed by atoms with van der Waals surface area (Å²) in [5, 5.41) is 36.9. The number of aliphatic hydroxyl groups is 2. The van der Waals surface area contributed by atoms with Crippen molar-refractivity contribution in [2.45, 2.75) is 76.4 Å². The van der Waals surface area contributed by atoms with Gasteiger partial charge >= 0.3 is 17.9 Å². The molecule has 10 heteroatoms. The van der Waals surface area contributed by atoms with Gasteiger partial charge in [0.1, 0.15) is 0 Å². The maximum absolute atomic E-state index is 11.9. The molecule has 0 aromatic carbocycles. The number of morpholine rings is 1. The highest BCUT2D eigenvalue weighted by Crippen LogP contribution is 2.23. The van der Waals surface area contributed by atoms with Crippen molar-refractivity contribution in [3.05, 3.63) is 0 Å². The number of β-amino-alcohol motifs (C(OH)–C–C–N with tert-alkyl or cyclic N) is 1. The van der Waals surface area contributed by atoms with Crippen LogP contribution >= 0.6 is 0 Å². The van der Waals surface area contributed by atoms with Gasteiger partial charge in [0, 0.05) is 19.1 Å². The van der Waals surface area contributed by atoms with Crippen molar-refractivity contribution >= 4 is 17.9 Å². The highest BCUT2D eigenvalue weighted by Gasteiger charge is 2.41. The Kier molecular flexibility index (Phi) is 13.4. The Morgan fingerprint density at radius 1 is 1.16 bits per heavy atom. The third-order valence-electron chi connectivity index (χ3n) is 5.88. The Labute approximate surface area is 189 Å². The van der Waals surface area contributed by atoms with Crippen LogP contribution in [0.25, 0.3) is 0 Å². The summed E-state index contributed by atoms with van der Waals surface area (Å²) in [6.07, 6.45) is 4.71. The number of carbonyl (C=O) groups is 3. The lowest BCUT2D eigenvalue weighted by atomic mass is 9.91. The van der Waals surface area contributed by atoms with Crippen LogP contribution in [-0.2, 0) is 23.9 Å². The van der Waals surface area contributed by atoms with Crippen LogP contribution in [0.1, 0.15) is 64.7 Å². The van der Waals surface area contributed by atoms with Gasteiger partial charge in [-0.05, 0) is 25.2 Å². The molecule has 0 radical (unpaired) electrons. The zero-order valence-electron chi connectivity index (χ0n) is 19.0. The number of rotatable bonds is 17. The lowest BCUT2D eigenvalue weighted by Gasteiger charge is -2.35. The monoisotopic (exact) mass is 461 g/mol. The minimum absolute atomic E-state index is 0.0998. The number of carboxylic acid groups (broad SMARTS) is 2. The van der Waals surface area contributed by atoms with E-state index >= 15 is 0 Å². The van der Waals surface area contributed by atoms with E-state index in [0.717, 1.165) is 45.1 Å². The Hall–Kier alpha value is -1.75. The quantitative estimate of drug-likeness (QED) is 0.184. The van der Waals surface area contributed by atoms with Gasteiger partial charge in [0.15, 0.2) is 5.60 Å². The summed E-state index contributed by atoms with van der Waals surface area (Å²) < 4.78 is 10.6. The second-order valence-corrected chi connectivity index (χ2v) is 8.52. The van der Waals surface area contributed by atoms with Gasteiger partial charge in [0.25, 0.3) is 0 Å². The van der Waals surface area contributed by atoms with Gasteiger partial charge in [0.2, 0.25) is 0 Å². The normalized spacial score (nSPS) is 19.8. The molecule has 0 aromatic heterocycles. The molecule has 32 heavy (non-hydrogen) atoms. The average molecular weight is 462 g/mol. The standard InChI is InChI=1S/C22H39NO9/c1-2-5-17(6-3-8-18-16-31-13-10-23(18)9-11-24)7-4-12-32-20(27)15-22(30,21(28)29)14-19(25)26/h17-18,24,30H,2-16H2,1H3,(H,25,26)(H,28,29). The maximum atomic E-state index is 11.9. The summed E-state index contributed by atoms with van der Waals surface area (Å²) in [6, 6.07) is 0.331. The van der Waals surface area contributed by atoms with E-state index in [2.05, 4.69) is 11.8 Å². The SMILES string of the molecule is CCCC(CCCOC(=O)CC(O)(CC(=O)O)C(=O)O)CCCC1COCCN1CCO. The van der Waals surface area contributed by atoms with Crippen molar-refractivity contribution in [3.8, 4) is 0 Å². The van der Waals surface area contributed by atoms with Crippen LogP contribution in [-0.4, -0.2) is 94.4 Å². The summed E-state index contributed by atoms with van der Waals surface area (Å²) >= 11 is 0. The van der Waals surface area contributed by atoms with E-state index in [9.17, 15) is 24.6 Å². The van der Waals surface area contributed by atoms with E-state index in [1.54, 1.807) is 0 Å². The molecule has 3 unspecified atom stereocenters. The molecule has 0 spiro atoms. The van der Waals surface area contributed by atoms with Gasteiger partial charge in [-0.15, -0.1) is 0 Å². The number of hydrogen-bond acceptors (Lipinski definition) is 8. The molecule has 0 saturated carbocycles. The molecule has 1 fully saturated rings. The Bertz CT molecular complexity index is 584. The van der Waals surface area contributed by atoms with Crippen LogP contribution < -0.4 is 0 Å². The molecular weight excluding hydrogens is 422 g/mol. The summed E-state index contributed by atoms with van der Waals surface area (Å²) in [4.78, 5) is 36.0. The smallest absolute Gasteiger partial charge is 0.336 e. The molecule has 10 nitrogen and oxygen atoms in total. The minimum atomic E-state index is -2.67. The maximum Gasteiger partial charge on any atom is 0.336 e. The molecule has 4 N–H and O–H groups in total.